The molecule has 0 atom stereocenters. The standard InChI is InChI=1S/C7H15N2O2P.C7H15N2OPS.CH4/c1-7(2)11-12(10,8-3-4-8)9-5-6-9;1-7(2)10-11(12,8-3-4-8)9-5-6-9;/h2*7H,3-6H2,1-2H3;1H4. The third kappa shape index (κ3) is 5.81. The molecule has 4 fully saturated rings. The molecule has 7 nitrogen and oxygen atoms in total. The quantitative estimate of drug-likeness (QED) is 0.445. The van der Waals surface area contributed by atoms with Crippen LogP contribution in [0, 0.1) is 0 Å². The van der Waals surface area contributed by atoms with Crippen molar-refractivity contribution in [3.05, 3.63) is 0 Å². The van der Waals surface area contributed by atoms with Crippen LogP contribution >= 0.6 is 14.2 Å². The SMILES string of the molecule is C.CC(C)OP(=O)(N1CC1)N1CC1.CC(C)OP(=S)(N1CC1)N1CC1. The Morgan fingerprint density at radius 2 is 1.04 bits per heavy atom. The van der Waals surface area contributed by atoms with Crippen LogP contribution in [0.4, 0.5) is 0 Å². The summed E-state index contributed by atoms with van der Waals surface area (Å²) in [5.74, 6) is 0. The van der Waals surface area contributed by atoms with Gasteiger partial charge in [-0.15, -0.1) is 0 Å². The lowest BCUT2D eigenvalue weighted by Crippen LogP contribution is -2.12. The van der Waals surface area contributed by atoms with Gasteiger partial charge in [0.2, 0.25) is 6.57 Å². The van der Waals surface area contributed by atoms with Crippen LogP contribution in [0.5, 0.6) is 0 Å². The Morgan fingerprint density at radius 1 is 0.720 bits per heavy atom. The maximum atomic E-state index is 12.2. The molecule has 0 aliphatic carbocycles. The minimum absolute atomic E-state index is 0. The van der Waals surface area contributed by atoms with E-state index >= 15 is 0 Å². The van der Waals surface area contributed by atoms with Gasteiger partial charge in [-0.05, 0) is 39.5 Å². The second-order valence-electron chi connectivity index (χ2n) is 7.10. The molecule has 0 aromatic rings. The molecule has 0 N–H and O–H groups in total. The van der Waals surface area contributed by atoms with E-state index in [1.807, 2.05) is 23.2 Å². The van der Waals surface area contributed by atoms with Gasteiger partial charge >= 0.3 is 7.67 Å². The van der Waals surface area contributed by atoms with Crippen LogP contribution in [0.15, 0.2) is 0 Å². The summed E-state index contributed by atoms with van der Waals surface area (Å²) in [6.07, 6.45) is 0.314. The first-order chi connectivity index (χ1) is 11.3. The van der Waals surface area contributed by atoms with Crippen molar-refractivity contribution < 1.29 is 13.6 Å². The fraction of sp³-hybridized carbons (Fsp3) is 1.00. The zero-order chi connectivity index (χ0) is 17.5. The lowest BCUT2D eigenvalue weighted by atomic mass is 10.5. The summed E-state index contributed by atoms with van der Waals surface area (Å²) in [4.78, 5) is 0. The first-order valence-electron chi connectivity index (χ1n) is 8.84. The lowest BCUT2D eigenvalue weighted by molar-refractivity contribution is 0.214. The Hall–Kier alpha value is 0.640. The van der Waals surface area contributed by atoms with Crippen LogP contribution in [0.1, 0.15) is 35.1 Å². The fourth-order valence-corrected chi connectivity index (χ4v) is 8.59. The lowest BCUT2D eigenvalue weighted by Gasteiger charge is -2.26. The Morgan fingerprint density at radius 3 is 1.28 bits per heavy atom. The summed E-state index contributed by atoms with van der Waals surface area (Å²) >= 11 is 5.59. The van der Waals surface area contributed by atoms with E-state index in [0.29, 0.717) is 0 Å². The van der Waals surface area contributed by atoms with Gasteiger partial charge in [0.15, 0.2) is 0 Å². The van der Waals surface area contributed by atoms with Crippen LogP contribution < -0.4 is 0 Å². The van der Waals surface area contributed by atoms with Crippen LogP contribution in [-0.4, -0.2) is 83.2 Å². The van der Waals surface area contributed by atoms with Crippen LogP contribution in [0.25, 0.3) is 0 Å². The monoisotopic (exact) mass is 412 g/mol. The Balaban J connectivity index is 0.000000173. The highest BCUT2D eigenvalue weighted by molar-refractivity contribution is 8.10. The largest absolute Gasteiger partial charge is 0.346 e. The van der Waals surface area contributed by atoms with E-state index in [1.165, 1.54) is 0 Å². The summed E-state index contributed by atoms with van der Waals surface area (Å²) < 4.78 is 32.0. The Labute approximate surface area is 158 Å². The van der Waals surface area contributed by atoms with E-state index in [1.54, 1.807) is 0 Å². The minimum atomic E-state index is -2.53. The summed E-state index contributed by atoms with van der Waals surface area (Å²) in [5.41, 5.74) is 0. The molecule has 0 bridgehead atoms. The molecule has 0 aromatic carbocycles. The van der Waals surface area contributed by atoms with Gasteiger partial charge in [0.05, 0.1) is 12.2 Å². The van der Waals surface area contributed by atoms with Crippen molar-refractivity contribution in [2.45, 2.75) is 47.3 Å². The van der Waals surface area contributed by atoms with Gasteiger partial charge in [0.1, 0.15) is 0 Å². The average Bonchev–Trinajstić information content (AvgIpc) is 3.39. The third-order valence-corrected chi connectivity index (χ3v) is 11.3. The molecule has 4 rings (SSSR count). The zero-order valence-corrected chi connectivity index (χ0v) is 17.7. The van der Waals surface area contributed by atoms with Gasteiger partial charge in [-0.25, -0.2) is 18.7 Å². The van der Waals surface area contributed by atoms with E-state index in [-0.39, 0.29) is 19.6 Å². The summed E-state index contributed by atoms with van der Waals surface area (Å²) in [5, 5.41) is 0. The molecule has 0 saturated carbocycles. The van der Waals surface area contributed by atoms with Gasteiger partial charge in [-0.2, -0.15) is 0 Å². The van der Waals surface area contributed by atoms with Crippen LogP contribution in [-0.2, 0) is 25.4 Å². The van der Waals surface area contributed by atoms with Crippen molar-refractivity contribution in [2.75, 3.05) is 52.4 Å². The highest BCUT2D eigenvalue weighted by Gasteiger charge is 2.49. The third-order valence-electron chi connectivity index (χ3n) is 3.82. The molecule has 4 aliphatic heterocycles. The van der Waals surface area contributed by atoms with Crippen LogP contribution in [0.2, 0.25) is 0 Å². The Kier molecular flexibility index (Phi) is 7.32. The van der Waals surface area contributed by atoms with Crippen molar-refractivity contribution in [2.24, 2.45) is 0 Å². The summed E-state index contributed by atoms with van der Waals surface area (Å²) in [6.45, 7) is 14.6. The second-order valence-corrected chi connectivity index (χ2v) is 13.2. The molecule has 4 saturated heterocycles. The fourth-order valence-electron chi connectivity index (χ4n) is 2.36. The predicted molar refractivity (Wildman–Crippen MR) is 107 cm³/mol. The molecule has 0 spiro atoms. The summed E-state index contributed by atoms with van der Waals surface area (Å²) in [7, 11) is -2.53. The number of rotatable bonds is 8. The smallest absolute Gasteiger partial charge is 0.324 e. The molecule has 148 valence electrons. The Bertz CT molecular complexity index is 467. The molecule has 0 radical (unpaired) electrons. The number of nitrogens with zero attached hydrogens (tertiary/aromatic N) is 4. The number of hydrogen-bond acceptors (Lipinski definition) is 4. The predicted octanol–water partition coefficient (Wildman–Crippen LogP) is 3.05. The van der Waals surface area contributed by atoms with Gasteiger partial charge in [-0.1, -0.05) is 7.43 Å². The molecule has 4 aliphatic rings. The maximum Gasteiger partial charge on any atom is 0.346 e. The van der Waals surface area contributed by atoms with E-state index in [4.69, 9.17) is 20.9 Å². The second kappa shape index (κ2) is 8.34. The van der Waals surface area contributed by atoms with Crippen molar-refractivity contribution in [1.29, 1.82) is 0 Å². The number of hydrogen-bond donors (Lipinski definition) is 0. The van der Waals surface area contributed by atoms with E-state index < -0.39 is 14.2 Å². The van der Waals surface area contributed by atoms with E-state index in [2.05, 4.69) is 23.2 Å². The first kappa shape index (κ1) is 21.9. The van der Waals surface area contributed by atoms with E-state index in [9.17, 15) is 4.57 Å². The van der Waals surface area contributed by atoms with Crippen molar-refractivity contribution in [1.82, 2.24) is 18.7 Å². The highest BCUT2D eigenvalue weighted by atomic mass is 32.5. The molecular formula is C15H34N4O3P2S. The van der Waals surface area contributed by atoms with Gasteiger partial charge in [0, 0.05) is 52.4 Å². The summed E-state index contributed by atoms with van der Waals surface area (Å²) in [6, 6.07) is 0. The van der Waals surface area contributed by atoms with E-state index in [0.717, 1.165) is 52.4 Å². The van der Waals surface area contributed by atoms with Crippen LogP contribution in [0.3, 0.4) is 0 Å². The first-order valence-corrected chi connectivity index (χ1v) is 13.0. The van der Waals surface area contributed by atoms with Crippen molar-refractivity contribution in [3.63, 3.8) is 0 Å². The molecule has 10 heteroatoms. The van der Waals surface area contributed by atoms with Crippen molar-refractivity contribution in [3.8, 4) is 0 Å². The molecule has 0 amide bonds. The molecule has 4 heterocycles. The topological polar surface area (TPSA) is 47.6 Å². The van der Waals surface area contributed by atoms with Gasteiger partial charge < -0.3 is 9.05 Å². The molecular weight excluding hydrogens is 378 g/mol. The van der Waals surface area contributed by atoms with Crippen molar-refractivity contribution >= 4 is 26.0 Å². The zero-order valence-electron chi connectivity index (χ0n) is 15.1. The highest BCUT2D eigenvalue weighted by Crippen LogP contribution is 2.62. The molecule has 0 aromatic heterocycles. The van der Waals surface area contributed by atoms with Gasteiger partial charge in [-0.3, -0.25) is 4.57 Å². The minimum Gasteiger partial charge on any atom is -0.324 e. The molecule has 0 unspecified atom stereocenters. The normalized spacial score (nSPS) is 23.9. The van der Waals surface area contributed by atoms with Gasteiger partial charge in [0.25, 0.3) is 0 Å². The average molecular weight is 412 g/mol. The maximum absolute atomic E-state index is 12.2. The molecule has 25 heavy (non-hydrogen) atoms.